The monoisotopic (exact) mass is 279 g/mol. The van der Waals surface area contributed by atoms with Gasteiger partial charge < -0.3 is 10.8 Å². The number of nitrogens with two attached hydrogens (primary N) is 1. The van der Waals surface area contributed by atoms with Crippen LogP contribution in [0.4, 0.5) is 11.4 Å². The number of likely N-dealkylation sites (tertiary alicyclic amines) is 1. The number of benzene rings is 1. The second-order valence-corrected chi connectivity index (χ2v) is 5.78. The fourth-order valence-electron chi connectivity index (χ4n) is 2.60. The molecule has 1 fully saturated rings. The van der Waals surface area contributed by atoms with Crippen molar-refractivity contribution in [3.63, 3.8) is 0 Å². The van der Waals surface area contributed by atoms with Gasteiger partial charge in [0.15, 0.2) is 0 Å². The molecule has 2 rings (SSSR count). The summed E-state index contributed by atoms with van der Waals surface area (Å²) in [6, 6.07) is 4.87. The molecule has 0 saturated carbocycles. The molecule has 1 saturated heterocycles. The molecule has 1 atom stereocenters. The van der Waals surface area contributed by atoms with Gasteiger partial charge in [0.25, 0.3) is 5.69 Å². The first-order valence-electron chi connectivity index (χ1n) is 6.85. The molecule has 0 spiro atoms. The highest BCUT2D eigenvalue weighted by Gasteiger charge is 2.25. The third kappa shape index (κ3) is 3.68. The quantitative estimate of drug-likeness (QED) is 0.501. The van der Waals surface area contributed by atoms with Gasteiger partial charge in [-0.1, -0.05) is 6.07 Å². The van der Waals surface area contributed by atoms with E-state index >= 15 is 0 Å². The summed E-state index contributed by atoms with van der Waals surface area (Å²) in [5, 5.41) is 20.8. The van der Waals surface area contributed by atoms with E-state index in [1.807, 2.05) is 6.92 Å². The Labute approximate surface area is 118 Å². The van der Waals surface area contributed by atoms with Gasteiger partial charge in [-0.15, -0.1) is 0 Å². The van der Waals surface area contributed by atoms with Crippen molar-refractivity contribution >= 4 is 11.4 Å². The Balaban J connectivity index is 2.03. The number of anilines is 1. The normalized spacial score (nSPS) is 24.3. The molecule has 6 nitrogen and oxygen atoms in total. The van der Waals surface area contributed by atoms with Crippen LogP contribution < -0.4 is 5.73 Å². The summed E-state index contributed by atoms with van der Waals surface area (Å²) < 4.78 is 0. The van der Waals surface area contributed by atoms with Gasteiger partial charge in [0, 0.05) is 19.2 Å². The van der Waals surface area contributed by atoms with E-state index in [2.05, 4.69) is 4.90 Å². The maximum absolute atomic E-state index is 10.7. The van der Waals surface area contributed by atoms with E-state index < -0.39 is 10.5 Å². The van der Waals surface area contributed by atoms with Gasteiger partial charge >= 0.3 is 0 Å². The Morgan fingerprint density at radius 1 is 1.45 bits per heavy atom. The third-order valence-electron chi connectivity index (χ3n) is 3.85. The molecule has 6 heteroatoms. The summed E-state index contributed by atoms with van der Waals surface area (Å²) in [6.07, 6.45) is 2.51. The molecule has 3 N–H and O–H groups in total. The van der Waals surface area contributed by atoms with Crippen molar-refractivity contribution in [2.75, 3.05) is 18.8 Å². The Bertz CT molecular complexity index is 502. The summed E-state index contributed by atoms with van der Waals surface area (Å²) >= 11 is 0. The number of nitrogens with zero attached hydrogens (tertiary/aromatic N) is 2. The lowest BCUT2D eigenvalue weighted by Crippen LogP contribution is -2.28. The molecule has 0 bridgehead atoms. The lowest BCUT2D eigenvalue weighted by atomic mass is 9.98. The summed E-state index contributed by atoms with van der Waals surface area (Å²) in [4.78, 5) is 12.5. The minimum atomic E-state index is -0.580. The van der Waals surface area contributed by atoms with Gasteiger partial charge in [-0.2, -0.15) is 0 Å². The fraction of sp³-hybridized carbons (Fsp3) is 0.571. The minimum Gasteiger partial charge on any atom is -0.393 e. The van der Waals surface area contributed by atoms with Crippen LogP contribution in [-0.2, 0) is 6.54 Å². The molecule has 0 amide bonds. The van der Waals surface area contributed by atoms with Crippen molar-refractivity contribution in [3.05, 3.63) is 33.9 Å². The lowest BCUT2D eigenvalue weighted by molar-refractivity contribution is -0.383. The minimum absolute atomic E-state index is 0.0486. The number of hydrogen-bond donors (Lipinski definition) is 2. The largest absolute Gasteiger partial charge is 0.393 e. The van der Waals surface area contributed by atoms with E-state index in [1.54, 1.807) is 12.1 Å². The Morgan fingerprint density at radius 3 is 2.85 bits per heavy atom. The van der Waals surface area contributed by atoms with E-state index in [9.17, 15) is 15.2 Å². The summed E-state index contributed by atoms with van der Waals surface area (Å²) in [5.41, 5.74) is 6.24. The topological polar surface area (TPSA) is 92.6 Å². The smallest absolute Gasteiger partial charge is 0.292 e. The van der Waals surface area contributed by atoms with Gasteiger partial charge in [0.1, 0.15) is 5.69 Å². The molecule has 1 aromatic rings. The van der Waals surface area contributed by atoms with Crippen LogP contribution in [0.2, 0.25) is 0 Å². The second-order valence-electron chi connectivity index (χ2n) is 5.78. The highest BCUT2D eigenvalue weighted by atomic mass is 16.6. The van der Waals surface area contributed by atoms with Crippen LogP contribution in [0.5, 0.6) is 0 Å². The molecule has 110 valence electrons. The second kappa shape index (κ2) is 5.76. The van der Waals surface area contributed by atoms with Crippen LogP contribution in [0.15, 0.2) is 18.2 Å². The zero-order chi connectivity index (χ0) is 14.8. The van der Waals surface area contributed by atoms with Crippen molar-refractivity contribution in [1.29, 1.82) is 0 Å². The van der Waals surface area contributed by atoms with Gasteiger partial charge in [-0.25, -0.2) is 0 Å². The third-order valence-corrected chi connectivity index (χ3v) is 3.85. The number of nitro benzene ring substituents is 1. The molecule has 0 aromatic heterocycles. The number of rotatable bonds is 3. The maximum atomic E-state index is 10.7. The molecule has 1 aliphatic rings. The van der Waals surface area contributed by atoms with Gasteiger partial charge in [-0.3, -0.25) is 15.0 Å². The Morgan fingerprint density at radius 2 is 2.20 bits per heavy atom. The van der Waals surface area contributed by atoms with E-state index in [-0.39, 0.29) is 11.4 Å². The molecule has 1 aliphatic heterocycles. The molecular formula is C14H21N3O3. The summed E-state index contributed by atoms with van der Waals surface area (Å²) in [6.45, 7) is 4.33. The first kappa shape index (κ1) is 14.7. The van der Waals surface area contributed by atoms with Crippen LogP contribution >= 0.6 is 0 Å². The summed E-state index contributed by atoms with van der Waals surface area (Å²) in [7, 11) is 0. The molecule has 1 aromatic carbocycles. The molecular weight excluding hydrogens is 258 g/mol. The molecule has 1 heterocycles. The standard InChI is InChI=1S/C14H21N3O3/c1-14(18)5-2-7-16(8-6-14)10-11-3-4-13(17(19)20)12(15)9-11/h3-4,9,18H,2,5-8,10,15H2,1H3. The van der Waals surface area contributed by atoms with Crippen molar-refractivity contribution in [1.82, 2.24) is 4.90 Å². The first-order chi connectivity index (χ1) is 9.37. The van der Waals surface area contributed by atoms with Crippen molar-refractivity contribution in [2.24, 2.45) is 0 Å². The van der Waals surface area contributed by atoms with Crippen LogP contribution in [0, 0.1) is 10.1 Å². The van der Waals surface area contributed by atoms with Crippen LogP contribution in [0.1, 0.15) is 31.7 Å². The molecule has 0 radical (unpaired) electrons. The Kier molecular flexibility index (Phi) is 4.25. The zero-order valence-corrected chi connectivity index (χ0v) is 11.7. The summed E-state index contributed by atoms with van der Waals surface area (Å²) in [5.74, 6) is 0. The van der Waals surface area contributed by atoms with Gasteiger partial charge in [-0.05, 0) is 44.4 Å². The lowest BCUT2D eigenvalue weighted by Gasteiger charge is -2.22. The molecule has 20 heavy (non-hydrogen) atoms. The Hall–Kier alpha value is -1.66. The average Bonchev–Trinajstić information content (AvgIpc) is 2.51. The zero-order valence-electron chi connectivity index (χ0n) is 11.7. The predicted octanol–water partition coefficient (Wildman–Crippen LogP) is 1.91. The van der Waals surface area contributed by atoms with E-state index in [0.29, 0.717) is 6.54 Å². The van der Waals surface area contributed by atoms with E-state index in [4.69, 9.17) is 5.73 Å². The maximum Gasteiger partial charge on any atom is 0.292 e. The van der Waals surface area contributed by atoms with Gasteiger partial charge in [0.2, 0.25) is 0 Å². The van der Waals surface area contributed by atoms with E-state index in [1.165, 1.54) is 6.07 Å². The first-order valence-corrected chi connectivity index (χ1v) is 6.85. The van der Waals surface area contributed by atoms with Crippen molar-refractivity contribution < 1.29 is 10.0 Å². The van der Waals surface area contributed by atoms with Crippen LogP contribution in [0.25, 0.3) is 0 Å². The highest BCUT2D eigenvalue weighted by Crippen LogP contribution is 2.25. The predicted molar refractivity (Wildman–Crippen MR) is 77.3 cm³/mol. The van der Waals surface area contributed by atoms with Crippen molar-refractivity contribution in [3.8, 4) is 0 Å². The van der Waals surface area contributed by atoms with E-state index in [0.717, 1.165) is 37.9 Å². The molecule has 0 aliphatic carbocycles. The molecule has 1 unspecified atom stereocenters. The average molecular weight is 279 g/mol. The van der Waals surface area contributed by atoms with Gasteiger partial charge in [0.05, 0.1) is 10.5 Å². The van der Waals surface area contributed by atoms with Crippen LogP contribution in [0.3, 0.4) is 0 Å². The van der Waals surface area contributed by atoms with Crippen LogP contribution in [-0.4, -0.2) is 33.6 Å². The SMILES string of the molecule is CC1(O)CCCN(Cc2ccc([N+](=O)[O-])c(N)c2)CC1. The highest BCUT2D eigenvalue weighted by molar-refractivity contribution is 5.59. The number of nitro groups is 1. The fourth-order valence-corrected chi connectivity index (χ4v) is 2.60. The number of nitrogen functional groups attached to an aromatic ring is 1. The number of hydrogen-bond acceptors (Lipinski definition) is 5. The number of aliphatic hydroxyl groups is 1. The van der Waals surface area contributed by atoms with Crippen molar-refractivity contribution in [2.45, 2.75) is 38.3 Å².